The molecular weight excluding hydrogens is 357 g/mol. The molecule has 0 amide bonds. The van der Waals surface area contributed by atoms with Crippen molar-refractivity contribution in [3.63, 3.8) is 0 Å². The number of hydrogen-bond donors (Lipinski definition) is 0. The summed E-state index contributed by atoms with van der Waals surface area (Å²) in [6.07, 6.45) is 1.01. The summed E-state index contributed by atoms with van der Waals surface area (Å²) in [5.74, 6) is 1.50. The van der Waals surface area contributed by atoms with Gasteiger partial charge in [0.2, 0.25) is 11.8 Å². The second-order valence-corrected chi connectivity index (χ2v) is 7.11. The Bertz CT molecular complexity index is 863. The molecule has 2 aromatic carbocycles. The summed E-state index contributed by atoms with van der Waals surface area (Å²) in [5, 5.41) is 9.94. The van der Waals surface area contributed by atoms with Gasteiger partial charge < -0.3 is 4.42 Å². The van der Waals surface area contributed by atoms with Crippen molar-refractivity contribution in [1.29, 1.82) is 0 Å². The van der Waals surface area contributed by atoms with Crippen LogP contribution in [0.4, 0.5) is 0 Å². The van der Waals surface area contributed by atoms with E-state index in [1.54, 1.807) is 0 Å². The Balaban J connectivity index is 1.44. The first kappa shape index (κ1) is 16.6. The lowest BCUT2D eigenvalue weighted by Crippen LogP contribution is -2.20. The van der Waals surface area contributed by atoms with Crippen LogP contribution >= 0.6 is 23.2 Å². The minimum atomic E-state index is 0.260. The standard InChI is InChI=1S/C19H17Cl2N3O/c20-16-7-5-13(6-8-16)18-22-23-19(25-18)15-9-10-24(12-15)11-14-3-1-2-4-17(14)21/h1-8,15H,9-12H2. The van der Waals surface area contributed by atoms with E-state index in [4.69, 9.17) is 27.6 Å². The Morgan fingerprint density at radius 3 is 2.64 bits per heavy atom. The maximum atomic E-state index is 6.26. The van der Waals surface area contributed by atoms with Gasteiger partial charge in [-0.15, -0.1) is 10.2 Å². The number of hydrogen-bond acceptors (Lipinski definition) is 4. The van der Waals surface area contributed by atoms with Crippen LogP contribution in [0.5, 0.6) is 0 Å². The molecule has 0 bridgehead atoms. The Kier molecular flexibility index (Phi) is 4.75. The molecule has 1 fully saturated rings. The van der Waals surface area contributed by atoms with E-state index < -0.39 is 0 Å². The number of nitrogens with zero attached hydrogens (tertiary/aromatic N) is 3. The maximum absolute atomic E-state index is 6.26. The second kappa shape index (κ2) is 7.16. The zero-order chi connectivity index (χ0) is 17.2. The molecule has 128 valence electrons. The summed E-state index contributed by atoms with van der Waals surface area (Å²) in [4.78, 5) is 2.37. The van der Waals surface area contributed by atoms with Crippen molar-refractivity contribution in [1.82, 2.24) is 15.1 Å². The minimum absolute atomic E-state index is 0.260. The first-order chi connectivity index (χ1) is 12.2. The molecule has 0 spiro atoms. The Hall–Kier alpha value is -1.88. The average Bonchev–Trinajstić information content (AvgIpc) is 3.27. The van der Waals surface area contributed by atoms with Crippen LogP contribution in [0.25, 0.3) is 11.5 Å². The molecule has 0 radical (unpaired) electrons. The molecule has 1 aliphatic rings. The van der Waals surface area contributed by atoms with Crippen LogP contribution in [0, 0.1) is 0 Å². The molecule has 2 heterocycles. The summed E-state index contributed by atoms with van der Waals surface area (Å²) in [7, 11) is 0. The molecule has 1 saturated heterocycles. The fraction of sp³-hybridized carbons (Fsp3) is 0.263. The quantitative estimate of drug-likeness (QED) is 0.642. The van der Waals surface area contributed by atoms with E-state index in [0.717, 1.165) is 42.2 Å². The molecule has 4 nitrogen and oxygen atoms in total. The van der Waals surface area contributed by atoms with Gasteiger partial charge in [-0.2, -0.15) is 0 Å². The highest BCUT2D eigenvalue weighted by Crippen LogP contribution is 2.30. The van der Waals surface area contributed by atoms with Gasteiger partial charge in [0.05, 0.1) is 5.92 Å². The molecule has 1 aliphatic heterocycles. The number of benzene rings is 2. The number of aromatic nitrogens is 2. The summed E-state index contributed by atoms with van der Waals surface area (Å²) >= 11 is 12.2. The van der Waals surface area contributed by atoms with Gasteiger partial charge in [-0.05, 0) is 48.9 Å². The van der Waals surface area contributed by atoms with E-state index in [0.29, 0.717) is 16.8 Å². The summed E-state index contributed by atoms with van der Waals surface area (Å²) in [6.45, 7) is 2.73. The van der Waals surface area contributed by atoms with Gasteiger partial charge in [0.1, 0.15) is 0 Å². The van der Waals surface area contributed by atoms with Crippen LogP contribution in [0.3, 0.4) is 0 Å². The zero-order valence-electron chi connectivity index (χ0n) is 13.5. The van der Waals surface area contributed by atoms with E-state index in [1.165, 1.54) is 0 Å². The van der Waals surface area contributed by atoms with Gasteiger partial charge in [-0.25, -0.2) is 0 Å². The summed E-state index contributed by atoms with van der Waals surface area (Å²) in [5.41, 5.74) is 2.03. The fourth-order valence-electron chi connectivity index (χ4n) is 3.15. The van der Waals surface area contributed by atoms with Gasteiger partial charge in [-0.1, -0.05) is 41.4 Å². The molecule has 0 N–H and O–H groups in total. The first-order valence-electron chi connectivity index (χ1n) is 8.24. The highest BCUT2D eigenvalue weighted by molar-refractivity contribution is 6.31. The monoisotopic (exact) mass is 373 g/mol. The number of halogens is 2. The number of likely N-dealkylation sites (tertiary alicyclic amines) is 1. The predicted molar refractivity (Wildman–Crippen MR) is 98.8 cm³/mol. The summed E-state index contributed by atoms with van der Waals surface area (Å²) < 4.78 is 5.90. The molecule has 0 aliphatic carbocycles. The van der Waals surface area contributed by atoms with Crippen LogP contribution in [0.15, 0.2) is 52.9 Å². The topological polar surface area (TPSA) is 42.2 Å². The molecule has 0 saturated carbocycles. The third-order valence-corrected chi connectivity index (χ3v) is 5.13. The molecule has 1 aromatic heterocycles. The normalized spacial score (nSPS) is 17.9. The molecule has 3 aromatic rings. The highest BCUT2D eigenvalue weighted by Gasteiger charge is 2.28. The molecule has 25 heavy (non-hydrogen) atoms. The number of rotatable bonds is 4. The lowest BCUT2D eigenvalue weighted by atomic mass is 10.1. The SMILES string of the molecule is Clc1ccc(-c2nnc(C3CCN(Cc4ccccc4Cl)C3)o2)cc1. The molecule has 1 atom stereocenters. The highest BCUT2D eigenvalue weighted by atomic mass is 35.5. The van der Waals surface area contributed by atoms with Crippen molar-refractivity contribution < 1.29 is 4.42 Å². The second-order valence-electron chi connectivity index (χ2n) is 6.26. The predicted octanol–water partition coefficient (Wildman–Crippen LogP) is 5.03. The Labute approximate surface area is 156 Å². The van der Waals surface area contributed by atoms with E-state index in [9.17, 15) is 0 Å². The molecule has 4 rings (SSSR count). The average molecular weight is 374 g/mol. The maximum Gasteiger partial charge on any atom is 0.247 e. The van der Waals surface area contributed by atoms with Crippen molar-refractivity contribution >= 4 is 23.2 Å². The van der Waals surface area contributed by atoms with Crippen LogP contribution in [-0.2, 0) is 6.54 Å². The van der Waals surface area contributed by atoms with Gasteiger partial charge >= 0.3 is 0 Å². The van der Waals surface area contributed by atoms with Crippen molar-refractivity contribution in [2.75, 3.05) is 13.1 Å². The lowest BCUT2D eigenvalue weighted by molar-refractivity contribution is 0.320. The van der Waals surface area contributed by atoms with Crippen molar-refractivity contribution in [2.45, 2.75) is 18.9 Å². The zero-order valence-corrected chi connectivity index (χ0v) is 15.0. The molecule has 6 heteroatoms. The molecular formula is C19H17Cl2N3O. The van der Waals surface area contributed by atoms with Gasteiger partial charge in [0.15, 0.2) is 0 Å². The third-order valence-electron chi connectivity index (χ3n) is 4.51. The first-order valence-corrected chi connectivity index (χ1v) is 9.00. The Morgan fingerprint density at radius 2 is 1.84 bits per heavy atom. The van der Waals surface area contributed by atoms with E-state index in [-0.39, 0.29) is 5.92 Å². The van der Waals surface area contributed by atoms with Gasteiger partial charge in [-0.3, -0.25) is 4.90 Å². The van der Waals surface area contributed by atoms with Crippen LogP contribution in [0.1, 0.15) is 23.8 Å². The van der Waals surface area contributed by atoms with Crippen LogP contribution in [0.2, 0.25) is 10.0 Å². The van der Waals surface area contributed by atoms with Crippen molar-refractivity contribution in [2.24, 2.45) is 0 Å². The minimum Gasteiger partial charge on any atom is -0.420 e. The Morgan fingerprint density at radius 1 is 1.04 bits per heavy atom. The van der Waals surface area contributed by atoms with Crippen LogP contribution < -0.4 is 0 Å². The third kappa shape index (κ3) is 3.71. The summed E-state index contributed by atoms with van der Waals surface area (Å²) in [6, 6.07) is 15.4. The van der Waals surface area contributed by atoms with E-state index in [2.05, 4.69) is 21.2 Å². The largest absolute Gasteiger partial charge is 0.420 e. The van der Waals surface area contributed by atoms with Crippen LogP contribution in [-0.4, -0.2) is 28.2 Å². The fourth-order valence-corrected chi connectivity index (χ4v) is 3.48. The van der Waals surface area contributed by atoms with Gasteiger partial charge in [0, 0.05) is 28.7 Å². The van der Waals surface area contributed by atoms with Crippen molar-refractivity contribution in [3.05, 3.63) is 70.0 Å². The molecule has 1 unspecified atom stereocenters. The van der Waals surface area contributed by atoms with E-state index >= 15 is 0 Å². The van der Waals surface area contributed by atoms with E-state index in [1.807, 2.05) is 42.5 Å². The van der Waals surface area contributed by atoms with Gasteiger partial charge in [0.25, 0.3) is 0 Å². The van der Waals surface area contributed by atoms with Crippen molar-refractivity contribution in [3.8, 4) is 11.5 Å². The lowest BCUT2D eigenvalue weighted by Gasteiger charge is -2.16. The smallest absolute Gasteiger partial charge is 0.247 e.